The van der Waals surface area contributed by atoms with E-state index in [9.17, 15) is 50.4 Å². The Morgan fingerprint density at radius 3 is 2.21 bits per heavy atom. The summed E-state index contributed by atoms with van der Waals surface area (Å²) in [5.74, 6) is -0.250. The van der Waals surface area contributed by atoms with Crippen molar-refractivity contribution in [1.82, 2.24) is 19.5 Å². The number of imidazole rings is 1. The number of nitrogens with two attached hydrogens (primary N) is 1. The maximum atomic E-state index is 12.8. The minimum absolute atomic E-state index is 0.0242. The third kappa shape index (κ3) is 8.07. The van der Waals surface area contributed by atoms with Gasteiger partial charge >= 0.3 is 12.4 Å². The Kier molecular flexibility index (Phi) is 8.75. The lowest BCUT2D eigenvalue weighted by Gasteiger charge is -2.28. The van der Waals surface area contributed by atoms with Crippen molar-refractivity contribution in [2.24, 2.45) is 0 Å². The summed E-state index contributed by atoms with van der Waals surface area (Å²) >= 11 is 1.05. The first-order valence-corrected chi connectivity index (χ1v) is 14.8. The molecule has 0 fully saturated rings. The van der Waals surface area contributed by atoms with Crippen molar-refractivity contribution in [3.63, 3.8) is 0 Å². The minimum atomic E-state index is -5.80. The van der Waals surface area contributed by atoms with Gasteiger partial charge in [-0.15, -0.1) is 0 Å². The fourth-order valence-electron chi connectivity index (χ4n) is 3.27. The number of nitrogen functional groups attached to an aromatic ring is 1. The van der Waals surface area contributed by atoms with Crippen molar-refractivity contribution >= 4 is 43.6 Å². The van der Waals surface area contributed by atoms with E-state index < -0.39 is 58.2 Å². The topological polar surface area (TPSA) is 174 Å². The largest absolute Gasteiger partial charge is 0.508 e. The van der Waals surface area contributed by atoms with E-state index in [1.54, 1.807) is 12.1 Å². The van der Waals surface area contributed by atoms with E-state index in [0.29, 0.717) is 4.90 Å². The average Bonchev–Trinajstić information content (AvgIpc) is 3.10. The van der Waals surface area contributed by atoms with Crippen molar-refractivity contribution in [2.75, 3.05) is 24.7 Å². The van der Waals surface area contributed by atoms with Crippen LogP contribution in [0.4, 0.5) is 32.3 Å². The summed E-state index contributed by atoms with van der Waals surface area (Å²) in [4.78, 5) is 32.4. The van der Waals surface area contributed by atoms with E-state index in [1.165, 1.54) is 16.7 Å². The molecule has 0 radical (unpaired) electrons. The predicted molar refractivity (Wildman–Crippen MR) is 123 cm³/mol. The zero-order chi connectivity index (χ0) is 28.5. The summed E-state index contributed by atoms with van der Waals surface area (Å²) in [5.41, 5.74) is 2.83. The highest BCUT2D eigenvalue weighted by atomic mass is 32.2. The molecule has 0 aliphatic heterocycles. The van der Waals surface area contributed by atoms with Crippen LogP contribution in [0.15, 0.2) is 40.5 Å². The molecular formula is C18H19F6N5O6P2S. The number of phenolic OH excluding ortho intramolecular Hbond substituents is 1. The fraction of sp³-hybridized carbons (Fsp3) is 0.389. The third-order valence-corrected chi connectivity index (χ3v) is 11.0. The van der Waals surface area contributed by atoms with Gasteiger partial charge in [-0.25, -0.2) is 9.97 Å². The van der Waals surface area contributed by atoms with Gasteiger partial charge in [-0.2, -0.15) is 31.3 Å². The number of hydrogen-bond donors (Lipinski definition) is 4. The molecule has 3 aromatic rings. The van der Waals surface area contributed by atoms with Crippen LogP contribution >= 0.6 is 26.5 Å². The van der Waals surface area contributed by atoms with Crippen molar-refractivity contribution < 1.29 is 55.1 Å². The molecular weight excluding hydrogens is 590 g/mol. The Balaban J connectivity index is 1.85. The van der Waals surface area contributed by atoms with Gasteiger partial charge in [0.25, 0.3) is 0 Å². The van der Waals surface area contributed by atoms with Crippen LogP contribution in [0.1, 0.15) is 0 Å². The van der Waals surface area contributed by atoms with Crippen molar-refractivity contribution in [2.45, 2.75) is 34.4 Å². The minimum Gasteiger partial charge on any atom is -0.508 e. The van der Waals surface area contributed by atoms with Gasteiger partial charge < -0.3 is 29.9 Å². The van der Waals surface area contributed by atoms with Crippen LogP contribution in [0.3, 0.4) is 0 Å². The maximum Gasteiger partial charge on any atom is 0.398 e. The molecule has 20 heteroatoms. The van der Waals surface area contributed by atoms with E-state index in [4.69, 9.17) is 10.5 Å². The zero-order valence-corrected chi connectivity index (χ0v) is 21.4. The lowest BCUT2D eigenvalue weighted by Crippen LogP contribution is -2.27. The molecule has 0 aliphatic rings. The van der Waals surface area contributed by atoms with E-state index in [1.807, 2.05) is 0 Å². The quantitative estimate of drug-likeness (QED) is 0.147. The molecule has 0 spiro atoms. The monoisotopic (exact) mass is 609 g/mol. The van der Waals surface area contributed by atoms with Crippen LogP contribution in [0.25, 0.3) is 11.2 Å². The third-order valence-electron chi connectivity index (χ3n) is 4.58. The fourth-order valence-corrected chi connectivity index (χ4v) is 8.96. The van der Waals surface area contributed by atoms with Gasteiger partial charge in [0.15, 0.2) is 5.65 Å². The molecule has 5 N–H and O–H groups in total. The first-order chi connectivity index (χ1) is 17.4. The number of anilines is 1. The normalized spacial score (nSPS) is 16.7. The van der Waals surface area contributed by atoms with E-state index in [0.717, 1.165) is 18.1 Å². The molecule has 2 heterocycles. The lowest BCUT2D eigenvalue weighted by molar-refractivity contribution is -0.108. The van der Waals surface area contributed by atoms with Gasteiger partial charge in [0.05, 0.1) is 12.9 Å². The second kappa shape index (κ2) is 11.0. The summed E-state index contributed by atoms with van der Waals surface area (Å²) in [5, 5.41) is 9.88. The van der Waals surface area contributed by atoms with Crippen LogP contribution in [-0.4, -0.2) is 71.3 Å². The predicted octanol–water partition coefficient (Wildman–Crippen LogP) is 4.23. The number of hydrogen-bond acceptors (Lipinski definition) is 9. The number of rotatable bonds is 10. The molecule has 2 atom stereocenters. The highest BCUT2D eigenvalue weighted by molar-refractivity contribution is 7.99. The second-order valence-electron chi connectivity index (χ2n) is 7.85. The summed E-state index contributed by atoms with van der Waals surface area (Å²) in [6.07, 6.45) is -14.6. The van der Waals surface area contributed by atoms with Gasteiger partial charge in [0.1, 0.15) is 28.6 Å². The molecule has 38 heavy (non-hydrogen) atoms. The number of alkyl halides is 6. The highest BCUT2D eigenvalue weighted by Crippen LogP contribution is 2.67. The molecule has 0 aliphatic carbocycles. The summed E-state index contributed by atoms with van der Waals surface area (Å²) in [7, 11) is -11.6. The zero-order valence-electron chi connectivity index (χ0n) is 18.8. The van der Waals surface area contributed by atoms with Crippen LogP contribution in [0, 0.1) is 0 Å². The molecule has 11 nitrogen and oxygen atoms in total. The molecule has 2 aromatic heterocycles. The van der Waals surface area contributed by atoms with Crippen molar-refractivity contribution in [3.05, 3.63) is 30.6 Å². The SMILES string of the molecule is Nc1nc(Sc2cccc(O)c2)c2ncn(CCOC(P(=O)(O)CC(F)(F)F)P(=O)(O)CC(F)(F)F)c2n1. The number of ether oxygens (including phenoxy) is 1. The van der Waals surface area contributed by atoms with Crippen LogP contribution in [0.5, 0.6) is 5.75 Å². The molecule has 0 amide bonds. The molecule has 210 valence electrons. The molecule has 0 bridgehead atoms. The Morgan fingerprint density at radius 2 is 1.66 bits per heavy atom. The molecule has 0 saturated heterocycles. The lowest BCUT2D eigenvalue weighted by atomic mass is 10.3. The van der Waals surface area contributed by atoms with Crippen molar-refractivity contribution in [1.29, 1.82) is 0 Å². The Hall–Kier alpha value is -2.36. The number of benzene rings is 1. The second-order valence-corrected chi connectivity index (χ2v) is 13.9. The number of aromatic nitrogens is 4. The van der Waals surface area contributed by atoms with Gasteiger partial charge in [-0.1, -0.05) is 17.8 Å². The van der Waals surface area contributed by atoms with Crippen molar-refractivity contribution in [3.8, 4) is 5.75 Å². The summed E-state index contributed by atoms with van der Waals surface area (Å²) < 4.78 is 107. The maximum absolute atomic E-state index is 12.8. The Morgan fingerprint density at radius 1 is 1.05 bits per heavy atom. The Labute approximate surface area is 214 Å². The average molecular weight is 609 g/mol. The number of nitrogens with zero attached hydrogens (tertiary/aromatic N) is 4. The summed E-state index contributed by atoms with van der Waals surface area (Å²) in [6.45, 7) is -1.28. The van der Waals surface area contributed by atoms with Crippen LogP contribution in [-0.2, 0) is 20.4 Å². The number of halogens is 6. The smallest absolute Gasteiger partial charge is 0.398 e. The molecule has 0 saturated carbocycles. The van der Waals surface area contributed by atoms with Crippen LogP contribution in [0.2, 0.25) is 0 Å². The highest BCUT2D eigenvalue weighted by Gasteiger charge is 2.54. The first kappa shape index (κ1) is 30.2. The summed E-state index contributed by atoms with van der Waals surface area (Å²) in [6, 6.07) is 6.10. The standard InChI is InChI=1S/C18H19F6N5O6P2S/c19-17(20,21)7-36(31,32)16(37(33,34)8-18(22,23)24)35-5-4-29-9-26-12-13(29)27-15(25)28-14(12)38-11-3-1-2-10(30)6-11/h1-3,6,9,16,30H,4-5,7-8H2,(H,31,32)(H,33,34)(H2,25,27,28). The van der Waals surface area contributed by atoms with E-state index in [-0.39, 0.29) is 27.9 Å². The molecule has 2 unspecified atom stereocenters. The van der Waals surface area contributed by atoms with E-state index >= 15 is 0 Å². The molecule has 3 rings (SSSR count). The number of fused-ring (bicyclic) bond motifs is 1. The first-order valence-electron chi connectivity index (χ1n) is 10.2. The number of phenols is 1. The van der Waals surface area contributed by atoms with Gasteiger partial charge in [0.2, 0.25) is 26.3 Å². The van der Waals surface area contributed by atoms with Crippen LogP contribution < -0.4 is 5.73 Å². The molecule has 1 aromatic carbocycles. The Bertz CT molecular complexity index is 1370. The number of aromatic hydroxyl groups is 1. The van der Waals surface area contributed by atoms with E-state index in [2.05, 4.69) is 15.0 Å². The van der Waals surface area contributed by atoms with Gasteiger partial charge in [0, 0.05) is 11.4 Å². The van der Waals surface area contributed by atoms with Gasteiger partial charge in [-0.05, 0) is 18.2 Å². The van der Waals surface area contributed by atoms with Gasteiger partial charge in [-0.3, -0.25) is 9.13 Å².